The Kier molecular flexibility index (Phi) is 4.15. The van der Waals surface area contributed by atoms with E-state index in [2.05, 4.69) is 39.5 Å². The summed E-state index contributed by atoms with van der Waals surface area (Å²) in [5, 5.41) is 12.7. The number of hydrogen-bond acceptors (Lipinski definition) is 5. The Morgan fingerprint density at radius 2 is 1.77 bits per heavy atom. The maximum absolute atomic E-state index is 5.61. The maximum atomic E-state index is 5.61. The van der Waals surface area contributed by atoms with Crippen molar-refractivity contribution in [1.29, 1.82) is 0 Å². The largest absolute Gasteiger partial charge is 0.496 e. The van der Waals surface area contributed by atoms with Crippen LogP contribution in [-0.2, 0) is 0 Å². The number of hydrogen-bond donors (Lipinski definition) is 0. The van der Waals surface area contributed by atoms with E-state index in [1.807, 2.05) is 48.5 Å². The molecular weight excluding hydrogens is 326 g/mol. The first-order chi connectivity index (χ1) is 12.8. The number of tetrazole rings is 1. The molecule has 2 heterocycles. The monoisotopic (exact) mass is 343 g/mol. The standard InChI is InChI=1S/C20H17N5O/c1-14-7-3-4-8-16(14)17-11-10-15(13-19(17)26-2)25-23-20(22-24-25)18-9-5-6-12-21-18/h3-13H,1-2H3. The molecule has 0 fully saturated rings. The quantitative estimate of drug-likeness (QED) is 0.565. The summed E-state index contributed by atoms with van der Waals surface area (Å²) in [5.74, 6) is 1.24. The molecule has 0 aliphatic rings. The lowest BCUT2D eigenvalue weighted by atomic mass is 9.99. The second-order valence-corrected chi connectivity index (χ2v) is 5.82. The fraction of sp³-hybridized carbons (Fsp3) is 0.100. The summed E-state index contributed by atoms with van der Waals surface area (Å²) < 4.78 is 5.61. The van der Waals surface area contributed by atoms with Crippen molar-refractivity contribution in [3.05, 3.63) is 72.4 Å². The van der Waals surface area contributed by atoms with Crippen LogP contribution in [0.25, 0.3) is 28.3 Å². The summed E-state index contributed by atoms with van der Waals surface area (Å²) in [6.45, 7) is 2.08. The Bertz CT molecular complexity index is 1040. The molecule has 4 aromatic rings. The first-order valence-corrected chi connectivity index (χ1v) is 8.22. The van der Waals surface area contributed by atoms with E-state index in [1.54, 1.807) is 13.3 Å². The minimum Gasteiger partial charge on any atom is -0.496 e. The van der Waals surface area contributed by atoms with Crippen LogP contribution in [-0.4, -0.2) is 32.3 Å². The maximum Gasteiger partial charge on any atom is 0.223 e. The molecule has 0 saturated heterocycles. The summed E-state index contributed by atoms with van der Waals surface area (Å²) in [6, 6.07) is 19.7. The van der Waals surface area contributed by atoms with E-state index < -0.39 is 0 Å². The van der Waals surface area contributed by atoms with E-state index in [-0.39, 0.29) is 0 Å². The van der Waals surface area contributed by atoms with Crippen molar-refractivity contribution in [1.82, 2.24) is 25.2 Å². The molecule has 4 rings (SSSR count). The minimum absolute atomic E-state index is 0.479. The number of methoxy groups -OCH3 is 1. The van der Waals surface area contributed by atoms with Gasteiger partial charge in [-0.3, -0.25) is 4.98 Å². The third-order valence-corrected chi connectivity index (χ3v) is 4.16. The molecule has 0 spiro atoms. The molecule has 0 radical (unpaired) electrons. The Hall–Kier alpha value is -3.54. The summed E-state index contributed by atoms with van der Waals surface area (Å²) >= 11 is 0. The fourth-order valence-electron chi connectivity index (χ4n) is 2.82. The number of benzene rings is 2. The van der Waals surface area contributed by atoms with E-state index in [4.69, 9.17) is 4.74 Å². The third-order valence-electron chi connectivity index (χ3n) is 4.16. The molecule has 0 atom stereocenters. The van der Waals surface area contributed by atoms with Crippen molar-refractivity contribution in [2.45, 2.75) is 6.92 Å². The van der Waals surface area contributed by atoms with Crippen LogP contribution in [0.1, 0.15) is 5.56 Å². The van der Waals surface area contributed by atoms with Crippen molar-refractivity contribution in [3.8, 4) is 34.1 Å². The highest BCUT2D eigenvalue weighted by atomic mass is 16.5. The van der Waals surface area contributed by atoms with Gasteiger partial charge in [-0.1, -0.05) is 30.3 Å². The van der Waals surface area contributed by atoms with Crippen molar-refractivity contribution < 1.29 is 4.74 Å². The molecule has 0 unspecified atom stereocenters. The highest BCUT2D eigenvalue weighted by Gasteiger charge is 2.12. The average molecular weight is 343 g/mol. The van der Waals surface area contributed by atoms with Gasteiger partial charge in [-0.25, -0.2) is 0 Å². The van der Waals surface area contributed by atoms with E-state index >= 15 is 0 Å². The zero-order valence-electron chi connectivity index (χ0n) is 14.5. The Balaban J connectivity index is 1.73. The summed E-state index contributed by atoms with van der Waals surface area (Å²) in [7, 11) is 1.66. The molecule has 0 bridgehead atoms. The minimum atomic E-state index is 0.479. The zero-order valence-corrected chi connectivity index (χ0v) is 14.5. The first-order valence-electron chi connectivity index (χ1n) is 8.22. The Morgan fingerprint density at radius 1 is 0.923 bits per heavy atom. The van der Waals surface area contributed by atoms with Crippen molar-refractivity contribution in [3.63, 3.8) is 0 Å². The van der Waals surface area contributed by atoms with Crippen molar-refractivity contribution >= 4 is 0 Å². The zero-order chi connectivity index (χ0) is 17.9. The van der Waals surface area contributed by atoms with Crippen LogP contribution in [0.2, 0.25) is 0 Å². The molecule has 2 aromatic carbocycles. The smallest absolute Gasteiger partial charge is 0.223 e. The average Bonchev–Trinajstić information content (AvgIpc) is 3.19. The molecule has 128 valence electrons. The highest BCUT2D eigenvalue weighted by molar-refractivity contribution is 5.74. The van der Waals surface area contributed by atoms with Gasteiger partial charge in [0.15, 0.2) is 0 Å². The van der Waals surface area contributed by atoms with Crippen LogP contribution >= 0.6 is 0 Å². The lowest BCUT2D eigenvalue weighted by Gasteiger charge is -2.12. The van der Waals surface area contributed by atoms with E-state index in [1.165, 1.54) is 10.4 Å². The third kappa shape index (κ3) is 2.93. The molecule has 6 nitrogen and oxygen atoms in total. The van der Waals surface area contributed by atoms with Crippen LogP contribution in [0.15, 0.2) is 66.9 Å². The molecule has 0 aliphatic carbocycles. The van der Waals surface area contributed by atoms with E-state index in [0.29, 0.717) is 11.5 Å². The van der Waals surface area contributed by atoms with E-state index in [0.717, 1.165) is 22.6 Å². The normalized spacial score (nSPS) is 10.7. The topological polar surface area (TPSA) is 65.7 Å². The van der Waals surface area contributed by atoms with Gasteiger partial charge >= 0.3 is 0 Å². The molecule has 0 N–H and O–H groups in total. The summed E-state index contributed by atoms with van der Waals surface area (Å²) in [4.78, 5) is 5.73. The van der Waals surface area contributed by atoms with Crippen LogP contribution in [0.3, 0.4) is 0 Å². The predicted molar refractivity (Wildman–Crippen MR) is 99.1 cm³/mol. The second-order valence-electron chi connectivity index (χ2n) is 5.82. The van der Waals surface area contributed by atoms with Gasteiger partial charge in [-0.05, 0) is 47.5 Å². The van der Waals surface area contributed by atoms with Crippen LogP contribution in [0.4, 0.5) is 0 Å². The molecule has 26 heavy (non-hydrogen) atoms. The van der Waals surface area contributed by atoms with Crippen molar-refractivity contribution in [2.24, 2.45) is 0 Å². The van der Waals surface area contributed by atoms with Crippen molar-refractivity contribution in [2.75, 3.05) is 7.11 Å². The van der Waals surface area contributed by atoms with Crippen LogP contribution in [0.5, 0.6) is 5.75 Å². The van der Waals surface area contributed by atoms with Gasteiger partial charge in [0.2, 0.25) is 5.82 Å². The molecule has 0 saturated carbocycles. The first kappa shape index (κ1) is 16.0. The fourth-order valence-corrected chi connectivity index (χ4v) is 2.82. The lowest BCUT2D eigenvalue weighted by Crippen LogP contribution is -2.00. The number of ether oxygens (including phenoxy) is 1. The lowest BCUT2D eigenvalue weighted by molar-refractivity contribution is 0.416. The van der Waals surface area contributed by atoms with Gasteiger partial charge in [-0.2, -0.15) is 0 Å². The molecular formula is C20H17N5O. The van der Waals surface area contributed by atoms with Crippen LogP contribution < -0.4 is 4.74 Å². The SMILES string of the molecule is COc1cc(-n2nnc(-c3ccccn3)n2)ccc1-c1ccccc1C. The molecule has 0 amide bonds. The summed E-state index contributed by atoms with van der Waals surface area (Å²) in [6.07, 6.45) is 1.70. The number of pyridine rings is 1. The predicted octanol–water partition coefficient (Wildman–Crippen LogP) is 3.71. The summed E-state index contributed by atoms with van der Waals surface area (Å²) in [5.41, 5.74) is 4.81. The number of nitrogens with zero attached hydrogens (tertiary/aromatic N) is 5. The van der Waals surface area contributed by atoms with E-state index in [9.17, 15) is 0 Å². The molecule has 0 aliphatic heterocycles. The van der Waals surface area contributed by atoms with Gasteiger partial charge in [0.05, 0.1) is 12.8 Å². The molecule has 6 heteroatoms. The molecule has 2 aromatic heterocycles. The number of aryl methyl sites for hydroxylation is 1. The Labute approximate surface area is 151 Å². The van der Waals surface area contributed by atoms with Gasteiger partial charge in [-0.15, -0.1) is 15.0 Å². The van der Waals surface area contributed by atoms with Gasteiger partial charge in [0.25, 0.3) is 0 Å². The van der Waals surface area contributed by atoms with Gasteiger partial charge in [0, 0.05) is 17.8 Å². The second kappa shape index (κ2) is 6.76. The van der Waals surface area contributed by atoms with Gasteiger partial charge < -0.3 is 4.74 Å². The Morgan fingerprint density at radius 3 is 2.54 bits per heavy atom. The number of rotatable bonds is 4. The highest BCUT2D eigenvalue weighted by Crippen LogP contribution is 2.33. The van der Waals surface area contributed by atoms with Crippen LogP contribution in [0, 0.1) is 6.92 Å². The van der Waals surface area contributed by atoms with Gasteiger partial charge in [0.1, 0.15) is 11.4 Å². The number of aromatic nitrogens is 5.